The van der Waals surface area contributed by atoms with Crippen LogP contribution in [0.15, 0.2) is 12.7 Å². The Morgan fingerprint density at radius 1 is 0.513 bits per heavy atom. The van der Waals surface area contributed by atoms with E-state index in [1.54, 1.807) is 4.90 Å². The number of nitrogens with zero attached hydrogens (tertiary/aromatic N) is 1. The van der Waals surface area contributed by atoms with Gasteiger partial charge in [0.25, 0.3) is 0 Å². The van der Waals surface area contributed by atoms with Gasteiger partial charge in [0.1, 0.15) is 0 Å². The van der Waals surface area contributed by atoms with Gasteiger partial charge in [0, 0.05) is 19.4 Å². The minimum absolute atomic E-state index is 0.0969. The highest BCUT2D eigenvalue weighted by molar-refractivity contribution is 5.95. The molecule has 0 N–H and O–H groups in total. The van der Waals surface area contributed by atoms with Gasteiger partial charge in [-0.1, -0.05) is 147 Å². The molecule has 0 spiro atoms. The van der Waals surface area contributed by atoms with Crippen LogP contribution in [0.4, 0.5) is 0 Å². The lowest BCUT2D eigenvalue weighted by Crippen LogP contribution is -2.37. The lowest BCUT2D eigenvalue weighted by atomic mass is 9.76. The highest BCUT2D eigenvalue weighted by Crippen LogP contribution is 2.36. The molecule has 0 aromatic carbocycles. The molecule has 2 amide bonds. The second kappa shape index (κ2) is 23.6. The van der Waals surface area contributed by atoms with Crippen LogP contribution in [-0.2, 0) is 9.59 Å². The van der Waals surface area contributed by atoms with Crippen LogP contribution < -0.4 is 0 Å². The minimum atomic E-state index is 0.0969. The van der Waals surface area contributed by atoms with E-state index >= 15 is 0 Å². The topological polar surface area (TPSA) is 37.4 Å². The van der Waals surface area contributed by atoms with Gasteiger partial charge in [0.05, 0.1) is 0 Å². The van der Waals surface area contributed by atoms with Crippen LogP contribution in [-0.4, -0.2) is 23.3 Å². The lowest BCUT2D eigenvalue weighted by Gasteiger charge is -2.30. The molecule has 226 valence electrons. The number of hydrogen-bond acceptors (Lipinski definition) is 2. The molecule has 1 heterocycles. The summed E-state index contributed by atoms with van der Waals surface area (Å²) < 4.78 is 0. The van der Waals surface area contributed by atoms with E-state index < -0.39 is 0 Å². The molecule has 1 unspecified atom stereocenters. The van der Waals surface area contributed by atoms with Crippen molar-refractivity contribution < 1.29 is 9.59 Å². The Bertz CT molecular complexity index is 624. The molecule has 1 atom stereocenters. The first-order chi connectivity index (χ1) is 19.2. The number of carbonyl (C=O) groups is 2. The number of amides is 2. The summed E-state index contributed by atoms with van der Waals surface area (Å²) in [5, 5.41) is 0. The zero-order valence-corrected chi connectivity index (χ0v) is 25.9. The second-order valence-electron chi connectivity index (χ2n) is 13.0. The van der Waals surface area contributed by atoms with Crippen LogP contribution in [0, 0.1) is 11.8 Å². The Balaban J connectivity index is 1.48. The van der Waals surface area contributed by atoms with Crippen LogP contribution in [0.2, 0.25) is 0 Å². The Labute approximate surface area is 243 Å². The van der Waals surface area contributed by atoms with Gasteiger partial charge in [-0.15, -0.1) is 6.58 Å². The molecule has 1 saturated carbocycles. The maximum atomic E-state index is 13.1. The van der Waals surface area contributed by atoms with E-state index in [0.29, 0.717) is 25.3 Å². The third kappa shape index (κ3) is 16.7. The minimum Gasteiger partial charge on any atom is -0.283 e. The van der Waals surface area contributed by atoms with Gasteiger partial charge >= 0.3 is 0 Å². The van der Waals surface area contributed by atoms with Gasteiger partial charge in [-0.3, -0.25) is 14.5 Å². The number of hydrogen-bond donors (Lipinski definition) is 0. The zero-order valence-electron chi connectivity index (χ0n) is 25.9. The van der Waals surface area contributed by atoms with Gasteiger partial charge in [-0.2, -0.15) is 0 Å². The average Bonchev–Trinajstić information content (AvgIpc) is 2.98. The predicted molar refractivity (Wildman–Crippen MR) is 168 cm³/mol. The van der Waals surface area contributed by atoms with E-state index in [4.69, 9.17) is 0 Å². The van der Waals surface area contributed by atoms with Gasteiger partial charge < -0.3 is 0 Å². The van der Waals surface area contributed by atoms with Gasteiger partial charge in [0.15, 0.2) is 0 Å². The number of carbonyl (C=O) groups excluding carboxylic acids is 2. The van der Waals surface area contributed by atoms with Crippen molar-refractivity contribution in [3.8, 4) is 0 Å². The first kappa shape index (κ1) is 34.1. The van der Waals surface area contributed by atoms with E-state index in [1.165, 1.54) is 141 Å². The van der Waals surface area contributed by atoms with Crippen molar-refractivity contribution in [1.82, 2.24) is 4.90 Å². The van der Waals surface area contributed by atoms with Crippen molar-refractivity contribution in [1.29, 1.82) is 0 Å². The van der Waals surface area contributed by atoms with Gasteiger partial charge in [-0.05, 0) is 43.9 Å². The molecular weight excluding hydrogens is 478 g/mol. The normalized spacial score (nSPS) is 20.2. The lowest BCUT2D eigenvalue weighted by molar-refractivity contribution is -0.145. The van der Waals surface area contributed by atoms with Crippen LogP contribution in [0.5, 0.6) is 0 Å². The molecule has 0 aromatic heterocycles. The van der Waals surface area contributed by atoms with Crippen molar-refractivity contribution in [2.75, 3.05) is 6.54 Å². The average molecular weight is 544 g/mol. The monoisotopic (exact) mass is 544 g/mol. The molecule has 39 heavy (non-hydrogen) atoms. The fourth-order valence-corrected chi connectivity index (χ4v) is 7.08. The Morgan fingerprint density at radius 2 is 0.923 bits per heavy atom. The Kier molecular flexibility index (Phi) is 20.6. The maximum absolute atomic E-state index is 13.1. The van der Waals surface area contributed by atoms with Crippen LogP contribution >= 0.6 is 0 Å². The van der Waals surface area contributed by atoms with E-state index in [2.05, 4.69) is 6.58 Å². The fourth-order valence-electron chi connectivity index (χ4n) is 7.08. The summed E-state index contributed by atoms with van der Waals surface area (Å²) in [6.45, 7) is 4.45. The molecule has 1 saturated heterocycles. The molecule has 2 rings (SSSR count). The fraction of sp³-hybridized carbons (Fsp3) is 0.889. The first-order valence-corrected chi connectivity index (χ1v) is 17.7. The van der Waals surface area contributed by atoms with Crippen molar-refractivity contribution in [3.05, 3.63) is 12.7 Å². The summed E-state index contributed by atoms with van der Waals surface area (Å²) >= 11 is 0. The SMILES string of the molecule is C=CCCCCCCCCCCCCCCCCCCN1C(=O)CCCCCC(C2CCCCC2)CCC1=O. The molecular formula is C36H65NO2. The van der Waals surface area contributed by atoms with E-state index in [9.17, 15) is 9.59 Å². The summed E-state index contributed by atoms with van der Waals surface area (Å²) in [5.41, 5.74) is 0. The summed E-state index contributed by atoms with van der Waals surface area (Å²) in [6.07, 6.45) is 38.2. The van der Waals surface area contributed by atoms with Gasteiger partial charge in [0.2, 0.25) is 11.8 Å². The molecule has 1 aliphatic heterocycles. The summed E-state index contributed by atoms with van der Waals surface area (Å²) in [5.74, 6) is 1.74. The molecule has 2 aliphatic rings. The third-order valence-electron chi connectivity index (χ3n) is 9.65. The van der Waals surface area contributed by atoms with Crippen LogP contribution in [0.25, 0.3) is 0 Å². The van der Waals surface area contributed by atoms with E-state index in [0.717, 1.165) is 38.0 Å². The highest BCUT2D eigenvalue weighted by atomic mass is 16.2. The number of allylic oxidation sites excluding steroid dienone is 1. The van der Waals surface area contributed by atoms with Crippen LogP contribution in [0.1, 0.15) is 186 Å². The summed E-state index contributed by atoms with van der Waals surface area (Å²) in [7, 11) is 0. The predicted octanol–water partition coefficient (Wildman–Crippen LogP) is 11.1. The molecule has 0 aromatic rings. The van der Waals surface area contributed by atoms with E-state index in [1.807, 2.05) is 6.08 Å². The van der Waals surface area contributed by atoms with Gasteiger partial charge in [-0.25, -0.2) is 0 Å². The second-order valence-corrected chi connectivity index (χ2v) is 13.0. The maximum Gasteiger partial charge on any atom is 0.229 e. The third-order valence-corrected chi connectivity index (χ3v) is 9.65. The quantitative estimate of drug-likeness (QED) is 0.0869. The number of rotatable bonds is 20. The summed E-state index contributed by atoms with van der Waals surface area (Å²) in [4.78, 5) is 27.6. The largest absolute Gasteiger partial charge is 0.283 e. The molecule has 1 aliphatic carbocycles. The first-order valence-electron chi connectivity index (χ1n) is 17.7. The molecule has 3 nitrogen and oxygen atoms in total. The van der Waals surface area contributed by atoms with Crippen molar-refractivity contribution in [2.24, 2.45) is 11.8 Å². The van der Waals surface area contributed by atoms with Crippen molar-refractivity contribution in [3.63, 3.8) is 0 Å². The smallest absolute Gasteiger partial charge is 0.229 e. The Morgan fingerprint density at radius 3 is 1.44 bits per heavy atom. The zero-order chi connectivity index (χ0) is 27.8. The highest BCUT2D eigenvalue weighted by Gasteiger charge is 2.27. The molecule has 2 fully saturated rings. The number of imide groups is 1. The van der Waals surface area contributed by atoms with Crippen LogP contribution in [0.3, 0.4) is 0 Å². The molecule has 0 bridgehead atoms. The molecule has 0 radical (unpaired) electrons. The number of unbranched alkanes of at least 4 members (excludes halogenated alkanes) is 16. The standard InChI is InChI=1S/C36H65NO2/c1-2-3-4-5-6-7-8-9-10-11-12-13-14-15-16-17-18-25-32-37-35(38)29-24-20-23-28-34(30-31-36(37)39)33-26-21-19-22-27-33/h2,33-34H,1,3-32H2. The summed E-state index contributed by atoms with van der Waals surface area (Å²) in [6, 6.07) is 0. The van der Waals surface area contributed by atoms with Crippen molar-refractivity contribution >= 4 is 11.8 Å². The molecule has 3 heteroatoms. The van der Waals surface area contributed by atoms with E-state index in [-0.39, 0.29) is 11.8 Å². The van der Waals surface area contributed by atoms with Crippen molar-refractivity contribution in [2.45, 2.75) is 186 Å². The Hall–Kier alpha value is -1.12.